The molecule has 2 amide bonds. The summed E-state index contributed by atoms with van der Waals surface area (Å²) in [6, 6.07) is 6.48. The Morgan fingerprint density at radius 1 is 1.14 bits per heavy atom. The fourth-order valence-electron chi connectivity index (χ4n) is 3.68. The van der Waals surface area contributed by atoms with E-state index in [4.69, 9.17) is 23.2 Å². The number of hydrogen-bond donors (Lipinski definition) is 3. The van der Waals surface area contributed by atoms with Crippen molar-refractivity contribution in [1.29, 1.82) is 0 Å². The molecule has 4 rings (SSSR count). The van der Waals surface area contributed by atoms with E-state index in [-0.39, 0.29) is 33.7 Å². The van der Waals surface area contributed by atoms with Crippen molar-refractivity contribution in [3.05, 3.63) is 65.2 Å². The molecule has 3 heterocycles. The average molecular weight is 553 g/mol. The number of rotatable bonds is 7. The molecule has 0 unspecified atom stereocenters. The Morgan fingerprint density at radius 3 is 2.57 bits per heavy atom. The first-order chi connectivity index (χ1) is 16.6. The lowest BCUT2D eigenvalue weighted by molar-refractivity contribution is 0.0696. The van der Waals surface area contributed by atoms with Crippen molar-refractivity contribution in [1.82, 2.24) is 15.2 Å². The van der Waals surface area contributed by atoms with Crippen LogP contribution in [0.15, 0.2) is 24.3 Å². The highest BCUT2D eigenvalue weighted by Crippen LogP contribution is 2.32. The van der Waals surface area contributed by atoms with Crippen LogP contribution in [0.4, 0.5) is 5.69 Å². The lowest BCUT2D eigenvalue weighted by Crippen LogP contribution is -2.35. The average Bonchev–Trinajstić information content (AvgIpc) is 3.44. The van der Waals surface area contributed by atoms with E-state index in [2.05, 4.69) is 34.4 Å². The van der Waals surface area contributed by atoms with Crippen LogP contribution in [0, 0.1) is 0 Å². The van der Waals surface area contributed by atoms with Crippen LogP contribution < -0.4 is 10.6 Å². The van der Waals surface area contributed by atoms with Crippen molar-refractivity contribution in [3.63, 3.8) is 0 Å². The monoisotopic (exact) mass is 552 g/mol. The molecular weight excluding hydrogens is 531 g/mol. The van der Waals surface area contributed by atoms with Gasteiger partial charge in [-0.05, 0) is 37.6 Å². The standard InChI is InChI=1S/C23H22Cl2N4O4S2/c1-11(2)29-8-7-14-16(10-29)35-22(27-14)21(31)28-19-12(3-4-13(18(19)25)23(32)33)9-26-20(30)15-5-6-17(24)34-15/h3-6,11H,7-10H2,1-2H3,(H,26,30)(H,28,31)(H,32,33). The summed E-state index contributed by atoms with van der Waals surface area (Å²) in [4.78, 5) is 45.5. The number of thiophene rings is 1. The van der Waals surface area contributed by atoms with Crippen molar-refractivity contribution < 1.29 is 19.5 Å². The zero-order chi connectivity index (χ0) is 25.3. The Labute approximate surface area is 219 Å². The summed E-state index contributed by atoms with van der Waals surface area (Å²) < 4.78 is 0.486. The minimum Gasteiger partial charge on any atom is -0.478 e. The van der Waals surface area contributed by atoms with Crippen LogP contribution in [0.25, 0.3) is 0 Å². The molecule has 35 heavy (non-hydrogen) atoms. The maximum Gasteiger partial charge on any atom is 0.337 e. The molecule has 8 nitrogen and oxygen atoms in total. The summed E-state index contributed by atoms with van der Waals surface area (Å²) in [5.41, 5.74) is 1.33. The SMILES string of the molecule is CC(C)N1CCc2nc(C(=O)Nc3c(CNC(=O)c4ccc(Cl)s4)ccc(C(=O)O)c3Cl)sc2C1. The summed E-state index contributed by atoms with van der Waals surface area (Å²) in [5, 5.41) is 15.1. The summed E-state index contributed by atoms with van der Waals surface area (Å²) in [6.07, 6.45) is 0.760. The van der Waals surface area contributed by atoms with Gasteiger partial charge in [0.2, 0.25) is 0 Å². The number of benzene rings is 1. The third kappa shape index (κ3) is 5.68. The first kappa shape index (κ1) is 25.6. The molecule has 3 N–H and O–H groups in total. The first-order valence-electron chi connectivity index (χ1n) is 10.8. The van der Waals surface area contributed by atoms with Gasteiger partial charge in [0.25, 0.3) is 11.8 Å². The van der Waals surface area contributed by atoms with Crippen molar-refractivity contribution >= 4 is 69.3 Å². The molecule has 0 atom stereocenters. The largest absolute Gasteiger partial charge is 0.478 e. The molecule has 0 fully saturated rings. The van der Waals surface area contributed by atoms with E-state index in [0.29, 0.717) is 20.8 Å². The third-order valence-electron chi connectivity index (χ3n) is 5.62. The minimum absolute atomic E-state index is 0.0152. The van der Waals surface area contributed by atoms with Crippen molar-refractivity contribution in [2.75, 3.05) is 11.9 Å². The number of carbonyl (C=O) groups excluding carboxylic acids is 2. The minimum atomic E-state index is -1.23. The Morgan fingerprint density at radius 2 is 1.91 bits per heavy atom. The third-order valence-corrected chi connectivity index (χ3v) is 8.32. The van der Waals surface area contributed by atoms with Gasteiger partial charge in [-0.15, -0.1) is 22.7 Å². The number of carboxylic acid groups (broad SMARTS) is 1. The molecule has 1 aromatic carbocycles. The fourth-order valence-corrected chi connectivity index (χ4v) is 5.98. The van der Waals surface area contributed by atoms with Gasteiger partial charge in [0.15, 0.2) is 5.01 Å². The smallest absolute Gasteiger partial charge is 0.337 e. The van der Waals surface area contributed by atoms with Gasteiger partial charge in [-0.3, -0.25) is 14.5 Å². The lowest BCUT2D eigenvalue weighted by atomic mass is 10.1. The highest BCUT2D eigenvalue weighted by atomic mass is 35.5. The zero-order valence-electron chi connectivity index (χ0n) is 18.9. The van der Waals surface area contributed by atoms with E-state index in [1.807, 2.05) is 0 Å². The second-order valence-electron chi connectivity index (χ2n) is 8.21. The summed E-state index contributed by atoms with van der Waals surface area (Å²) in [7, 11) is 0. The van der Waals surface area contributed by atoms with E-state index >= 15 is 0 Å². The lowest BCUT2D eigenvalue weighted by Gasteiger charge is -2.29. The number of anilines is 1. The van der Waals surface area contributed by atoms with E-state index < -0.39 is 11.9 Å². The summed E-state index contributed by atoms with van der Waals surface area (Å²) in [6.45, 7) is 5.88. The normalized spacial score (nSPS) is 13.5. The number of hydrogen-bond acceptors (Lipinski definition) is 7. The molecule has 1 aliphatic heterocycles. The number of nitrogens with one attached hydrogen (secondary N) is 2. The van der Waals surface area contributed by atoms with Gasteiger partial charge in [0.05, 0.1) is 31.2 Å². The van der Waals surface area contributed by atoms with Crippen LogP contribution in [0.5, 0.6) is 0 Å². The number of amides is 2. The van der Waals surface area contributed by atoms with Crippen LogP contribution in [-0.4, -0.2) is 45.4 Å². The maximum atomic E-state index is 13.1. The Hall–Kier alpha value is -2.50. The molecule has 3 aromatic rings. The van der Waals surface area contributed by atoms with Crippen LogP contribution in [0.1, 0.15) is 59.8 Å². The van der Waals surface area contributed by atoms with Crippen LogP contribution in [0.2, 0.25) is 9.36 Å². The Kier molecular flexibility index (Phi) is 7.77. The van der Waals surface area contributed by atoms with Gasteiger partial charge in [0.1, 0.15) is 0 Å². The van der Waals surface area contributed by atoms with E-state index in [1.165, 1.54) is 23.5 Å². The molecule has 0 aliphatic carbocycles. The second-order valence-corrected chi connectivity index (χ2v) is 11.4. The quantitative estimate of drug-likeness (QED) is 0.373. The number of fused-ring (bicyclic) bond motifs is 1. The van der Waals surface area contributed by atoms with Gasteiger partial charge in [-0.25, -0.2) is 9.78 Å². The highest BCUT2D eigenvalue weighted by Gasteiger charge is 2.26. The number of nitrogens with zero attached hydrogens (tertiary/aromatic N) is 2. The van der Waals surface area contributed by atoms with E-state index in [9.17, 15) is 19.5 Å². The maximum absolute atomic E-state index is 13.1. The molecule has 0 saturated heterocycles. The Balaban J connectivity index is 1.57. The molecule has 12 heteroatoms. The van der Waals surface area contributed by atoms with Gasteiger partial charge >= 0.3 is 5.97 Å². The van der Waals surface area contributed by atoms with Crippen LogP contribution in [0.3, 0.4) is 0 Å². The van der Waals surface area contributed by atoms with Crippen molar-refractivity contribution in [2.24, 2.45) is 0 Å². The molecule has 1 aliphatic rings. The molecule has 0 spiro atoms. The topological polar surface area (TPSA) is 112 Å². The number of aromatic nitrogens is 1. The first-order valence-corrected chi connectivity index (χ1v) is 13.1. The number of thiazole rings is 1. The van der Waals surface area contributed by atoms with Crippen LogP contribution in [-0.2, 0) is 19.5 Å². The van der Waals surface area contributed by atoms with E-state index in [0.717, 1.165) is 41.4 Å². The second kappa shape index (κ2) is 10.6. The van der Waals surface area contributed by atoms with Gasteiger partial charge < -0.3 is 15.7 Å². The predicted molar refractivity (Wildman–Crippen MR) is 138 cm³/mol. The number of aromatic carboxylic acids is 1. The molecule has 0 bridgehead atoms. The molecule has 0 radical (unpaired) electrons. The number of halogens is 2. The number of carboxylic acids is 1. The van der Waals surface area contributed by atoms with Gasteiger partial charge in [0, 0.05) is 37.0 Å². The highest BCUT2D eigenvalue weighted by molar-refractivity contribution is 7.18. The fraction of sp³-hybridized carbons (Fsp3) is 0.304. The zero-order valence-corrected chi connectivity index (χ0v) is 22.0. The Bertz CT molecular complexity index is 1300. The van der Waals surface area contributed by atoms with Crippen molar-refractivity contribution in [3.8, 4) is 0 Å². The predicted octanol–water partition coefficient (Wildman–Crippen LogP) is 5.16. The van der Waals surface area contributed by atoms with Gasteiger partial charge in [-0.2, -0.15) is 0 Å². The molecule has 2 aromatic heterocycles. The molecule has 0 saturated carbocycles. The molecular formula is C23H22Cl2N4O4S2. The van der Waals surface area contributed by atoms with Crippen molar-refractivity contribution in [2.45, 2.75) is 39.4 Å². The van der Waals surface area contributed by atoms with Crippen LogP contribution >= 0.6 is 45.9 Å². The molecule has 184 valence electrons. The van der Waals surface area contributed by atoms with E-state index in [1.54, 1.807) is 12.1 Å². The number of carbonyl (C=O) groups is 3. The summed E-state index contributed by atoms with van der Waals surface area (Å²) in [5.74, 6) is -2.06. The summed E-state index contributed by atoms with van der Waals surface area (Å²) >= 11 is 14.7. The van der Waals surface area contributed by atoms with Gasteiger partial charge in [-0.1, -0.05) is 29.3 Å².